The number of hydrogen-bond donors (Lipinski definition) is 3. The van der Waals surface area contributed by atoms with E-state index in [2.05, 4.69) is 5.32 Å². The zero-order chi connectivity index (χ0) is 30.2. The molecule has 0 aliphatic heterocycles. The van der Waals surface area contributed by atoms with Crippen molar-refractivity contribution in [1.29, 1.82) is 0 Å². The van der Waals surface area contributed by atoms with Gasteiger partial charge < -0.3 is 24.6 Å². The second kappa shape index (κ2) is 13.9. The van der Waals surface area contributed by atoms with Gasteiger partial charge in [0.2, 0.25) is 11.8 Å². The Hall–Kier alpha value is -4.57. The number of nitrogens with two attached hydrogens (primary N) is 1. The zero-order valence-corrected chi connectivity index (χ0v) is 24.0. The molecule has 10 heteroatoms. The maximum absolute atomic E-state index is 13.0. The minimum absolute atomic E-state index is 0.127. The van der Waals surface area contributed by atoms with Gasteiger partial charge in [-0.05, 0) is 73.2 Å². The standard InChI is InChI=1S/C32H37N3O7/c1-40-25-17-15-24(16-18-25)35(33)31(37)23-13-11-22(12-14-23)30(36)34-26(32(38)39)19-20-7-9-21(10-8-20)29-27(41-2)5-4-6-28(29)42-3/h4-10,15-18,22-23,26H,11-14,19,33H2,1-3H3,(H,34,36)(H,38,39)/t22-,23-,26-/m0/s1. The lowest BCUT2D eigenvalue weighted by Gasteiger charge is -2.30. The number of rotatable bonds is 11. The Bertz CT molecular complexity index is 1360. The van der Waals surface area contributed by atoms with Gasteiger partial charge in [0.1, 0.15) is 23.3 Å². The largest absolute Gasteiger partial charge is 0.497 e. The zero-order valence-electron chi connectivity index (χ0n) is 24.0. The van der Waals surface area contributed by atoms with Crippen LogP contribution in [0.2, 0.25) is 0 Å². The van der Waals surface area contributed by atoms with E-state index < -0.39 is 12.0 Å². The Balaban J connectivity index is 1.34. The molecule has 4 N–H and O–H groups in total. The third kappa shape index (κ3) is 7.01. The maximum Gasteiger partial charge on any atom is 0.326 e. The first-order chi connectivity index (χ1) is 20.2. The van der Waals surface area contributed by atoms with Crippen molar-refractivity contribution in [2.45, 2.75) is 38.1 Å². The third-order valence-electron chi connectivity index (χ3n) is 7.76. The van der Waals surface area contributed by atoms with Crippen molar-refractivity contribution in [3.8, 4) is 28.4 Å². The van der Waals surface area contributed by atoms with Crippen LogP contribution >= 0.6 is 0 Å². The Labute approximate surface area is 245 Å². The molecule has 0 bridgehead atoms. The Kier molecular flexibility index (Phi) is 10.0. The van der Waals surface area contributed by atoms with Gasteiger partial charge in [-0.15, -0.1) is 0 Å². The number of benzene rings is 3. The molecular weight excluding hydrogens is 538 g/mol. The molecule has 1 aliphatic rings. The number of methoxy groups -OCH3 is 3. The van der Waals surface area contributed by atoms with Crippen LogP contribution in [-0.2, 0) is 20.8 Å². The van der Waals surface area contributed by atoms with Crippen LogP contribution in [0.3, 0.4) is 0 Å². The molecule has 0 spiro atoms. The lowest BCUT2D eigenvalue weighted by molar-refractivity contribution is -0.142. The Morgan fingerprint density at radius 2 is 1.43 bits per heavy atom. The number of nitrogens with zero attached hydrogens (tertiary/aromatic N) is 1. The third-order valence-corrected chi connectivity index (χ3v) is 7.76. The average Bonchev–Trinajstić information content (AvgIpc) is 3.03. The highest BCUT2D eigenvalue weighted by Gasteiger charge is 2.33. The fraction of sp³-hybridized carbons (Fsp3) is 0.344. The molecule has 0 unspecified atom stereocenters. The van der Waals surface area contributed by atoms with Gasteiger partial charge in [0.15, 0.2) is 0 Å². The first-order valence-electron chi connectivity index (χ1n) is 13.8. The SMILES string of the molecule is COc1ccc(N(N)C(=O)[C@H]2CC[C@H](C(=O)N[C@@H](Cc3ccc(-c4c(OC)cccc4OC)cc3)C(=O)O)CC2)cc1. The predicted octanol–water partition coefficient (Wildman–Crippen LogP) is 4.20. The van der Waals surface area contributed by atoms with Crippen LogP contribution in [0.15, 0.2) is 66.7 Å². The van der Waals surface area contributed by atoms with Crippen LogP contribution in [0.5, 0.6) is 17.2 Å². The average molecular weight is 576 g/mol. The summed E-state index contributed by atoms with van der Waals surface area (Å²) in [4.78, 5) is 38.1. The summed E-state index contributed by atoms with van der Waals surface area (Å²) < 4.78 is 16.1. The molecule has 4 rings (SSSR count). The molecular formula is C32H37N3O7. The molecule has 3 aromatic rings. The Morgan fingerprint density at radius 1 is 0.857 bits per heavy atom. The molecule has 1 aliphatic carbocycles. The van der Waals surface area contributed by atoms with Gasteiger partial charge in [-0.25, -0.2) is 15.6 Å². The van der Waals surface area contributed by atoms with E-state index in [4.69, 9.17) is 20.1 Å². The van der Waals surface area contributed by atoms with Gasteiger partial charge in [0.05, 0.1) is 32.6 Å². The quantitative estimate of drug-likeness (QED) is 0.176. The molecule has 1 saturated carbocycles. The Morgan fingerprint density at radius 3 is 1.95 bits per heavy atom. The van der Waals surface area contributed by atoms with E-state index in [0.29, 0.717) is 48.6 Å². The summed E-state index contributed by atoms with van der Waals surface area (Å²) in [7, 11) is 4.74. The van der Waals surface area contributed by atoms with Crippen molar-refractivity contribution in [2.75, 3.05) is 26.3 Å². The van der Waals surface area contributed by atoms with Crippen molar-refractivity contribution >= 4 is 23.5 Å². The molecule has 1 atom stereocenters. The van der Waals surface area contributed by atoms with Crippen LogP contribution < -0.4 is 30.4 Å². The summed E-state index contributed by atoms with van der Waals surface area (Å²) in [5.74, 6) is 5.75. The molecule has 3 aromatic carbocycles. The number of ether oxygens (including phenoxy) is 3. The van der Waals surface area contributed by atoms with Crippen molar-refractivity contribution in [1.82, 2.24) is 5.32 Å². The molecule has 10 nitrogen and oxygen atoms in total. The van der Waals surface area contributed by atoms with E-state index in [-0.39, 0.29) is 30.1 Å². The van der Waals surface area contributed by atoms with Crippen LogP contribution in [0.1, 0.15) is 31.2 Å². The summed E-state index contributed by atoms with van der Waals surface area (Å²) in [6, 6.07) is 18.8. The molecule has 2 amide bonds. The van der Waals surface area contributed by atoms with Crippen molar-refractivity contribution in [3.05, 3.63) is 72.3 Å². The second-order valence-electron chi connectivity index (χ2n) is 10.3. The number of carbonyl (C=O) groups excluding carboxylic acids is 2. The topological polar surface area (TPSA) is 140 Å². The van der Waals surface area contributed by atoms with Gasteiger partial charge in [0, 0.05) is 18.3 Å². The van der Waals surface area contributed by atoms with E-state index in [0.717, 1.165) is 21.7 Å². The van der Waals surface area contributed by atoms with E-state index in [9.17, 15) is 19.5 Å². The van der Waals surface area contributed by atoms with Crippen LogP contribution in [0, 0.1) is 11.8 Å². The van der Waals surface area contributed by atoms with E-state index in [1.54, 1.807) is 45.6 Å². The molecule has 42 heavy (non-hydrogen) atoms. The van der Waals surface area contributed by atoms with Crippen LogP contribution in [0.4, 0.5) is 5.69 Å². The summed E-state index contributed by atoms with van der Waals surface area (Å²) in [6.07, 6.45) is 2.06. The number of carboxylic acids is 1. The van der Waals surface area contributed by atoms with Gasteiger partial charge in [-0.2, -0.15) is 0 Å². The van der Waals surface area contributed by atoms with Crippen molar-refractivity contribution in [2.24, 2.45) is 17.7 Å². The first-order valence-corrected chi connectivity index (χ1v) is 13.8. The van der Waals surface area contributed by atoms with Crippen molar-refractivity contribution in [3.63, 3.8) is 0 Å². The van der Waals surface area contributed by atoms with Gasteiger partial charge in [-0.3, -0.25) is 9.59 Å². The molecule has 1 fully saturated rings. The van der Waals surface area contributed by atoms with Crippen LogP contribution in [-0.4, -0.2) is 50.3 Å². The highest BCUT2D eigenvalue weighted by molar-refractivity contribution is 5.94. The maximum atomic E-state index is 13.0. The fourth-order valence-electron chi connectivity index (χ4n) is 5.34. The highest BCUT2D eigenvalue weighted by Crippen LogP contribution is 2.38. The molecule has 0 radical (unpaired) electrons. The lowest BCUT2D eigenvalue weighted by atomic mass is 9.81. The number of anilines is 1. The van der Waals surface area contributed by atoms with Crippen molar-refractivity contribution < 1.29 is 33.7 Å². The molecule has 222 valence electrons. The van der Waals surface area contributed by atoms with Gasteiger partial charge in [0.25, 0.3) is 0 Å². The monoisotopic (exact) mass is 575 g/mol. The first kappa shape index (κ1) is 30.4. The van der Waals surface area contributed by atoms with E-state index in [1.165, 1.54) is 0 Å². The summed E-state index contributed by atoms with van der Waals surface area (Å²) >= 11 is 0. The second-order valence-corrected chi connectivity index (χ2v) is 10.3. The van der Waals surface area contributed by atoms with E-state index in [1.807, 2.05) is 42.5 Å². The number of carbonyl (C=O) groups is 3. The summed E-state index contributed by atoms with van der Waals surface area (Å²) in [6.45, 7) is 0. The van der Waals surface area contributed by atoms with Gasteiger partial charge >= 0.3 is 5.97 Å². The number of hydrogen-bond acceptors (Lipinski definition) is 7. The number of hydrazine groups is 1. The molecule has 0 aromatic heterocycles. The number of carboxylic acid groups (broad SMARTS) is 1. The highest BCUT2D eigenvalue weighted by atomic mass is 16.5. The predicted molar refractivity (Wildman–Crippen MR) is 158 cm³/mol. The molecule has 0 heterocycles. The van der Waals surface area contributed by atoms with E-state index >= 15 is 0 Å². The summed E-state index contributed by atoms with van der Waals surface area (Å²) in [5.41, 5.74) is 2.97. The number of aliphatic carboxylic acids is 1. The smallest absolute Gasteiger partial charge is 0.326 e. The summed E-state index contributed by atoms with van der Waals surface area (Å²) in [5, 5.41) is 13.7. The minimum atomic E-state index is -1.11. The number of nitrogens with one attached hydrogen (secondary N) is 1. The van der Waals surface area contributed by atoms with Crippen LogP contribution in [0.25, 0.3) is 11.1 Å². The normalized spacial score (nSPS) is 17.0. The fourth-order valence-corrected chi connectivity index (χ4v) is 5.34. The number of amides is 2. The molecule has 0 saturated heterocycles. The van der Waals surface area contributed by atoms with Gasteiger partial charge in [-0.1, -0.05) is 30.3 Å². The lowest BCUT2D eigenvalue weighted by Crippen LogP contribution is -2.47. The minimum Gasteiger partial charge on any atom is -0.497 e.